The van der Waals surface area contributed by atoms with E-state index < -0.39 is 12.0 Å². The molecule has 4 aromatic rings. The number of allylic oxidation sites excluding steroid dienone is 1. The zero-order chi connectivity index (χ0) is 29.4. The van der Waals surface area contributed by atoms with Crippen LogP contribution < -0.4 is 29.1 Å². The molecule has 0 spiro atoms. The van der Waals surface area contributed by atoms with Crippen LogP contribution in [0.5, 0.6) is 17.2 Å². The Balaban J connectivity index is 1.46. The third-order valence-electron chi connectivity index (χ3n) is 6.77. The summed E-state index contributed by atoms with van der Waals surface area (Å²) in [6.07, 6.45) is 1.73. The van der Waals surface area contributed by atoms with Crippen molar-refractivity contribution in [3.05, 3.63) is 118 Å². The zero-order valence-electron chi connectivity index (χ0n) is 22.6. The molecule has 1 atom stereocenters. The molecule has 214 valence electrons. The van der Waals surface area contributed by atoms with Crippen LogP contribution in [0.15, 0.2) is 81.7 Å². The lowest BCUT2D eigenvalue weighted by molar-refractivity contribution is -0.139. The van der Waals surface area contributed by atoms with E-state index >= 15 is 0 Å². The summed E-state index contributed by atoms with van der Waals surface area (Å²) in [6.45, 7) is 4.03. The summed E-state index contributed by atoms with van der Waals surface area (Å²) in [4.78, 5) is 32.3. The zero-order valence-corrected chi connectivity index (χ0v) is 24.9. The van der Waals surface area contributed by atoms with Gasteiger partial charge in [-0.15, -0.1) is 0 Å². The topological polar surface area (TPSA) is 88.4 Å². The van der Waals surface area contributed by atoms with Gasteiger partial charge in [0.15, 0.2) is 16.3 Å². The Morgan fingerprint density at radius 3 is 2.71 bits per heavy atom. The first-order valence-electron chi connectivity index (χ1n) is 13.1. The van der Waals surface area contributed by atoms with Gasteiger partial charge in [-0.05, 0) is 73.5 Å². The van der Waals surface area contributed by atoms with E-state index in [0.717, 1.165) is 5.56 Å². The van der Waals surface area contributed by atoms with E-state index in [0.29, 0.717) is 53.5 Å². The Kier molecular flexibility index (Phi) is 7.81. The van der Waals surface area contributed by atoms with Crippen LogP contribution >= 0.6 is 34.5 Å². The molecule has 0 bridgehead atoms. The molecule has 0 saturated heterocycles. The summed E-state index contributed by atoms with van der Waals surface area (Å²) in [5.41, 5.74) is 2.61. The number of hydrogen-bond donors (Lipinski definition) is 0. The highest BCUT2D eigenvalue weighted by Gasteiger charge is 2.34. The smallest absolute Gasteiger partial charge is 0.338 e. The molecule has 11 heteroatoms. The minimum atomic E-state index is -0.783. The fraction of sp³-hybridized carbons (Fsp3) is 0.194. The molecule has 0 aliphatic carbocycles. The predicted molar refractivity (Wildman–Crippen MR) is 160 cm³/mol. The van der Waals surface area contributed by atoms with Crippen molar-refractivity contribution in [1.29, 1.82) is 0 Å². The number of fused-ring (bicyclic) bond motifs is 2. The van der Waals surface area contributed by atoms with Crippen molar-refractivity contribution in [3.63, 3.8) is 0 Å². The number of benzene rings is 3. The molecule has 3 aromatic carbocycles. The monoisotopic (exact) mass is 622 g/mol. The van der Waals surface area contributed by atoms with E-state index in [1.807, 2.05) is 24.3 Å². The average molecular weight is 624 g/mol. The van der Waals surface area contributed by atoms with E-state index in [9.17, 15) is 9.59 Å². The van der Waals surface area contributed by atoms with Crippen LogP contribution in [-0.4, -0.2) is 23.9 Å². The van der Waals surface area contributed by atoms with Crippen molar-refractivity contribution < 1.29 is 23.7 Å². The maximum Gasteiger partial charge on any atom is 0.338 e. The number of ether oxygens (including phenoxy) is 4. The number of thiazole rings is 1. The van der Waals surface area contributed by atoms with E-state index in [-0.39, 0.29) is 31.1 Å². The molecule has 0 fully saturated rings. The van der Waals surface area contributed by atoms with Crippen LogP contribution in [0.1, 0.15) is 36.6 Å². The molecule has 42 heavy (non-hydrogen) atoms. The van der Waals surface area contributed by atoms with Crippen molar-refractivity contribution in [3.8, 4) is 17.2 Å². The van der Waals surface area contributed by atoms with Gasteiger partial charge in [0, 0.05) is 15.6 Å². The van der Waals surface area contributed by atoms with Gasteiger partial charge in [0.25, 0.3) is 5.56 Å². The molecular weight excluding hydrogens is 599 g/mol. The molecule has 0 unspecified atom stereocenters. The SMILES string of the molecule is CCOC(=O)C1=C(C)N=c2s/c(=C\c3cc(Cl)ccc3OCc3cccc(Cl)c3)c(=O)n2[C@@H]1c1ccc2c(c1)OCO2. The Labute approximate surface area is 254 Å². The molecule has 1 aromatic heterocycles. The highest BCUT2D eigenvalue weighted by Crippen LogP contribution is 2.38. The first-order chi connectivity index (χ1) is 20.3. The summed E-state index contributed by atoms with van der Waals surface area (Å²) < 4.78 is 24.5. The fourth-order valence-corrected chi connectivity index (χ4v) is 6.31. The minimum absolute atomic E-state index is 0.0997. The van der Waals surface area contributed by atoms with Crippen molar-refractivity contribution in [1.82, 2.24) is 4.57 Å². The van der Waals surface area contributed by atoms with Crippen LogP contribution in [0.2, 0.25) is 10.0 Å². The van der Waals surface area contributed by atoms with Crippen LogP contribution in [0, 0.1) is 0 Å². The number of aromatic nitrogens is 1. The molecule has 0 saturated carbocycles. The first kappa shape index (κ1) is 28.1. The van der Waals surface area contributed by atoms with Gasteiger partial charge in [0.1, 0.15) is 12.4 Å². The lowest BCUT2D eigenvalue weighted by Crippen LogP contribution is -2.39. The Morgan fingerprint density at radius 2 is 1.90 bits per heavy atom. The number of carbonyl (C=O) groups is 1. The lowest BCUT2D eigenvalue weighted by atomic mass is 9.95. The summed E-state index contributed by atoms with van der Waals surface area (Å²) in [5.74, 6) is 1.13. The van der Waals surface area contributed by atoms with Gasteiger partial charge in [-0.1, -0.05) is 52.7 Å². The average Bonchev–Trinajstić information content (AvgIpc) is 3.55. The predicted octanol–water partition coefficient (Wildman–Crippen LogP) is 5.41. The second-order valence-corrected chi connectivity index (χ2v) is 11.4. The quantitative estimate of drug-likeness (QED) is 0.256. The standard InChI is InChI=1S/C31H24Cl2N2O6S/c1-3-38-30(37)27-17(2)34-31-35(28(27)19-7-9-24-25(13-19)41-16-40-24)29(36)26(42-31)14-20-12-22(33)8-10-23(20)39-15-18-5-4-6-21(32)11-18/h4-14,28H,3,15-16H2,1-2H3/b26-14-/t28-/m1/s1. The lowest BCUT2D eigenvalue weighted by Gasteiger charge is -2.24. The van der Waals surface area contributed by atoms with E-state index in [2.05, 4.69) is 4.99 Å². The maximum atomic E-state index is 14.0. The van der Waals surface area contributed by atoms with Crippen molar-refractivity contribution in [2.24, 2.45) is 4.99 Å². The molecule has 2 aliphatic rings. The summed E-state index contributed by atoms with van der Waals surface area (Å²) in [6, 6.07) is 17.2. The van der Waals surface area contributed by atoms with Gasteiger partial charge in [-0.2, -0.15) is 0 Å². The number of halogens is 2. The van der Waals surface area contributed by atoms with Gasteiger partial charge in [0.05, 0.1) is 28.5 Å². The molecular formula is C31H24Cl2N2O6S. The second-order valence-electron chi connectivity index (χ2n) is 9.52. The van der Waals surface area contributed by atoms with E-state index in [1.165, 1.54) is 15.9 Å². The summed E-state index contributed by atoms with van der Waals surface area (Å²) >= 11 is 13.7. The third-order valence-corrected chi connectivity index (χ3v) is 8.22. The summed E-state index contributed by atoms with van der Waals surface area (Å²) in [5, 5.41) is 1.10. The van der Waals surface area contributed by atoms with Crippen LogP contribution in [-0.2, 0) is 16.1 Å². The maximum absolute atomic E-state index is 14.0. The number of esters is 1. The van der Waals surface area contributed by atoms with Crippen molar-refractivity contribution in [2.75, 3.05) is 13.4 Å². The molecule has 3 heterocycles. The molecule has 2 aliphatic heterocycles. The van der Waals surface area contributed by atoms with E-state index in [1.54, 1.807) is 56.3 Å². The van der Waals surface area contributed by atoms with Gasteiger partial charge in [-0.3, -0.25) is 9.36 Å². The Morgan fingerprint density at radius 1 is 1.10 bits per heavy atom. The Hall–Kier alpha value is -4.05. The third kappa shape index (κ3) is 5.43. The van der Waals surface area contributed by atoms with Crippen molar-refractivity contribution >= 4 is 46.6 Å². The first-order valence-corrected chi connectivity index (χ1v) is 14.7. The molecule has 0 N–H and O–H groups in total. The molecule has 0 radical (unpaired) electrons. The number of rotatable bonds is 7. The normalized spacial score (nSPS) is 15.8. The van der Waals surface area contributed by atoms with Gasteiger partial charge in [-0.25, -0.2) is 9.79 Å². The Bertz CT molecular complexity index is 1930. The highest BCUT2D eigenvalue weighted by atomic mass is 35.5. The van der Waals surface area contributed by atoms with E-state index in [4.69, 9.17) is 42.1 Å². The summed E-state index contributed by atoms with van der Waals surface area (Å²) in [7, 11) is 0. The number of nitrogens with zero attached hydrogens (tertiary/aromatic N) is 2. The second kappa shape index (κ2) is 11.7. The van der Waals surface area contributed by atoms with Crippen molar-refractivity contribution in [2.45, 2.75) is 26.5 Å². The fourth-order valence-electron chi connectivity index (χ4n) is 4.88. The number of carbonyl (C=O) groups excluding carboxylic acids is 1. The molecule has 0 amide bonds. The van der Waals surface area contributed by atoms with Gasteiger partial charge in [0.2, 0.25) is 6.79 Å². The highest BCUT2D eigenvalue weighted by molar-refractivity contribution is 7.07. The minimum Gasteiger partial charge on any atom is -0.488 e. The van der Waals surface area contributed by atoms with Gasteiger partial charge < -0.3 is 18.9 Å². The van der Waals surface area contributed by atoms with Crippen LogP contribution in [0.3, 0.4) is 0 Å². The molecule has 6 rings (SSSR count). The van der Waals surface area contributed by atoms with Gasteiger partial charge >= 0.3 is 5.97 Å². The largest absolute Gasteiger partial charge is 0.488 e. The molecule has 8 nitrogen and oxygen atoms in total. The number of hydrogen-bond acceptors (Lipinski definition) is 8. The van der Waals surface area contributed by atoms with Crippen LogP contribution in [0.25, 0.3) is 6.08 Å². The van der Waals surface area contributed by atoms with Crippen LogP contribution in [0.4, 0.5) is 0 Å².